The number of carbonyl (C=O) groups is 2. The number of primary amides is 1. The number of nitrogens with one attached hydrogen (secondary N) is 2. The average molecular weight is 425 g/mol. The number of carbonyl (C=O) groups excluding carboxylic acids is 2. The van der Waals surface area contributed by atoms with Crippen molar-refractivity contribution in [2.45, 2.75) is 39.2 Å². The van der Waals surface area contributed by atoms with Crippen molar-refractivity contribution in [3.8, 4) is 0 Å². The van der Waals surface area contributed by atoms with Crippen LogP contribution in [0.3, 0.4) is 0 Å². The number of nitro groups is 2. The molecule has 4 N–H and O–H groups in total. The van der Waals surface area contributed by atoms with Gasteiger partial charge in [-0.05, 0) is 24.8 Å². The molecule has 0 spiro atoms. The maximum Gasteiger partial charge on any atom is 0.299 e. The standard InChI is InChI=1S/C18H27N5O7/c1-12(2)4-3-8-30-9-7-17(24)21-15(18(19)25)11-20-14-6-5-13(22(26)27)10-16(14)23(28)29/h5-6,10,12,15,20H,3-4,7-9,11H2,1-2H3,(H2,19,25)(H,21,24)/t15-/m0/s1. The second kappa shape index (κ2) is 12.3. The Kier molecular flexibility index (Phi) is 10.2. The molecule has 0 aliphatic heterocycles. The Hall–Kier alpha value is -3.28. The molecule has 30 heavy (non-hydrogen) atoms. The lowest BCUT2D eigenvalue weighted by Gasteiger charge is -2.17. The first-order valence-corrected chi connectivity index (χ1v) is 9.45. The van der Waals surface area contributed by atoms with Gasteiger partial charge in [0.05, 0.1) is 22.5 Å². The molecular weight excluding hydrogens is 398 g/mol. The minimum atomic E-state index is -1.13. The number of amides is 2. The zero-order valence-electron chi connectivity index (χ0n) is 17.0. The largest absolute Gasteiger partial charge is 0.381 e. The van der Waals surface area contributed by atoms with E-state index in [1.54, 1.807) is 0 Å². The van der Waals surface area contributed by atoms with Crippen LogP contribution in [0.1, 0.15) is 33.1 Å². The molecule has 166 valence electrons. The molecule has 12 nitrogen and oxygen atoms in total. The zero-order chi connectivity index (χ0) is 22.7. The second-order valence-electron chi connectivity index (χ2n) is 7.02. The Labute approximate surface area is 173 Å². The Morgan fingerprint density at radius 3 is 2.43 bits per heavy atom. The van der Waals surface area contributed by atoms with E-state index in [-0.39, 0.29) is 25.3 Å². The number of benzene rings is 1. The van der Waals surface area contributed by atoms with E-state index in [4.69, 9.17) is 10.5 Å². The summed E-state index contributed by atoms with van der Waals surface area (Å²) in [6, 6.07) is 1.91. The Balaban J connectivity index is 2.58. The molecule has 0 heterocycles. The normalized spacial score (nSPS) is 11.7. The van der Waals surface area contributed by atoms with Crippen molar-refractivity contribution in [2.75, 3.05) is 25.1 Å². The van der Waals surface area contributed by atoms with E-state index < -0.39 is 39.1 Å². The van der Waals surface area contributed by atoms with Crippen LogP contribution in [0.15, 0.2) is 18.2 Å². The highest BCUT2D eigenvalue weighted by molar-refractivity contribution is 5.87. The van der Waals surface area contributed by atoms with Gasteiger partial charge in [0.1, 0.15) is 11.7 Å². The molecular formula is C18H27N5O7. The summed E-state index contributed by atoms with van der Waals surface area (Å²) in [4.78, 5) is 44.0. The zero-order valence-corrected chi connectivity index (χ0v) is 17.0. The first kappa shape index (κ1) is 24.8. The molecule has 1 atom stereocenters. The van der Waals surface area contributed by atoms with Gasteiger partial charge in [-0.15, -0.1) is 0 Å². The molecule has 0 aliphatic rings. The van der Waals surface area contributed by atoms with Crippen molar-refractivity contribution in [1.82, 2.24) is 5.32 Å². The van der Waals surface area contributed by atoms with Gasteiger partial charge in [0.15, 0.2) is 0 Å². The molecule has 0 aromatic heterocycles. The Morgan fingerprint density at radius 2 is 1.87 bits per heavy atom. The van der Waals surface area contributed by atoms with Crippen LogP contribution in [0, 0.1) is 26.1 Å². The molecule has 2 amide bonds. The smallest absolute Gasteiger partial charge is 0.299 e. The first-order chi connectivity index (χ1) is 14.1. The van der Waals surface area contributed by atoms with Gasteiger partial charge in [-0.1, -0.05) is 13.8 Å². The van der Waals surface area contributed by atoms with Gasteiger partial charge in [-0.25, -0.2) is 0 Å². The highest BCUT2D eigenvalue weighted by Gasteiger charge is 2.22. The molecule has 0 saturated carbocycles. The first-order valence-electron chi connectivity index (χ1n) is 9.45. The van der Waals surface area contributed by atoms with E-state index >= 15 is 0 Å². The van der Waals surface area contributed by atoms with E-state index in [0.717, 1.165) is 31.0 Å². The van der Waals surface area contributed by atoms with Crippen LogP contribution in [-0.2, 0) is 14.3 Å². The number of nitro benzene ring substituents is 2. The minimum Gasteiger partial charge on any atom is -0.381 e. The monoisotopic (exact) mass is 425 g/mol. The molecule has 1 aromatic rings. The van der Waals surface area contributed by atoms with Crippen molar-refractivity contribution in [3.05, 3.63) is 38.4 Å². The van der Waals surface area contributed by atoms with Crippen molar-refractivity contribution < 1.29 is 24.2 Å². The third-order valence-corrected chi connectivity index (χ3v) is 4.11. The van der Waals surface area contributed by atoms with E-state index in [1.807, 2.05) is 0 Å². The van der Waals surface area contributed by atoms with Gasteiger partial charge in [0.2, 0.25) is 11.8 Å². The van der Waals surface area contributed by atoms with Crippen molar-refractivity contribution in [1.29, 1.82) is 0 Å². The van der Waals surface area contributed by atoms with E-state index in [0.29, 0.717) is 12.5 Å². The lowest BCUT2D eigenvalue weighted by atomic mass is 10.1. The SMILES string of the molecule is CC(C)CCCOCCC(=O)N[C@@H](CNc1ccc([N+](=O)[O-])cc1[N+](=O)[O-])C(N)=O. The minimum absolute atomic E-state index is 0.0309. The summed E-state index contributed by atoms with van der Waals surface area (Å²) in [5.74, 6) is -0.715. The number of hydrogen-bond donors (Lipinski definition) is 3. The maximum atomic E-state index is 12.0. The highest BCUT2D eigenvalue weighted by atomic mass is 16.6. The molecule has 0 aliphatic carbocycles. The fourth-order valence-corrected chi connectivity index (χ4v) is 2.50. The fourth-order valence-electron chi connectivity index (χ4n) is 2.50. The maximum absolute atomic E-state index is 12.0. The predicted octanol–water partition coefficient (Wildman–Crippen LogP) is 1.73. The van der Waals surface area contributed by atoms with Gasteiger partial charge in [-0.2, -0.15) is 0 Å². The molecule has 12 heteroatoms. The number of ether oxygens (including phenoxy) is 1. The van der Waals surface area contributed by atoms with Crippen molar-refractivity contribution >= 4 is 28.9 Å². The van der Waals surface area contributed by atoms with Crippen LogP contribution < -0.4 is 16.4 Å². The summed E-state index contributed by atoms with van der Waals surface area (Å²) >= 11 is 0. The lowest BCUT2D eigenvalue weighted by molar-refractivity contribution is -0.393. The number of non-ortho nitro benzene ring substituents is 1. The van der Waals surface area contributed by atoms with Crippen LogP contribution in [0.2, 0.25) is 0 Å². The number of nitrogens with two attached hydrogens (primary N) is 1. The quantitative estimate of drug-likeness (QED) is 0.229. The predicted molar refractivity (Wildman–Crippen MR) is 109 cm³/mol. The second-order valence-corrected chi connectivity index (χ2v) is 7.02. The fraction of sp³-hybridized carbons (Fsp3) is 0.556. The van der Waals surface area contributed by atoms with Crippen LogP contribution in [0.4, 0.5) is 17.1 Å². The summed E-state index contributed by atoms with van der Waals surface area (Å²) in [6.45, 7) is 4.72. The molecule has 0 unspecified atom stereocenters. The van der Waals surface area contributed by atoms with Gasteiger partial charge < -0.3 is 21.1 Å². The van der Waals surface area contributed by atoms with Gasteiger partial charge in [0.25, 0.3) is 11.4 Å². The van der Waals surface area contributed by atoms with Gasteiger partial charge >= 0.3 is 0 Å². The summed E-state index contributed by atoms with van der Waals surface area (Å²) in [6.07, 6.45) is 1.95. The van der Waals surface area contributed by atoms with E-state index in [2.05, 4.69) is 24.5 Å². The molecule has 1 rings (SSSR count). The number of nitrogens with zero attached hydrogens (tertiary/aromatic N) is 2. The Bertz CT molecular complexity index is 769. The summed E-state index contributed by atoms with van der Waals surface area (Å²) in [5.41, 5.74) is 4.27. The van der Waals surface area contributed by atoms with Crippen LogP contribution >= 0.6 is 0 Å². The third-order valence-electron chi connectivity index (χ3n) is 4.11. The molecule has 0 saturated heterocycles. The van der Waals surface area contributed by atoms with Gasteiger partial charge in [-0.3, -0.25) is 29.8 Å². The van der Waals surface area contributed by atoms with Crippen molar-refractivity contribution in [2.24, 2.45) is 11.7 Å². The lowest BCUT2D eigenvalue weighted by Crippen LogP contribution is -2.48. The number of rotatable bonds is 14. The third kappa shape index (κ3) is 8.82. The molecule has 0 bridgehead atoms. The Morgan fingerprint density at radius 1 is 1.17 bits per heavy atom. The summed E-state index contributed by atoms with van der Waals surface area (Å²) in [7, 11) is 0. The van der Waals surface area contributed by atoms with Crippen LogP contribution in [0.5, 0.6) is 0 Å². The van der Waals surface area contributed by atoms with Gasteiger partial charge in [0, 0.05) is 25.6 Å². The number of anilines is 1. The van der Waals surface area contributed by atoms with Crippen LogP contribution in [0.25, 0.3) is 0 Å². The van der Waals surface area contributed by atoms with E-state index in [9.17, 15) is 29.8 Å². The molecule has 0 radical (unpaired) electrons. The average Bonchev–Trinajstić information content (AvgIpc) is 2.66. The highest BCUT2D eigenvalue weighted by Crippen LogP contribution is 2.28. The molecule has 1 aromatic carbocycles. The number of hydrogen-bond acceptors (Lipinski definition) is 8. The summed E-state index contributed by atoms with van der Waals surface area (Å²) < 4.78 is 5.38. The molecule has 0 fully saturated rings. The van der Waals surface area contributed by atoms with Crippen molar-refractivity contribution in [3.63, 3.8) is 0 Å². The van der Waals surface area contributed by atoms with E-state index in [1.165, 1.54) is 0 Å². The van der Waals surface area contributed by atoms with Crippen LogP contribution in [-0.4, -0.2) is 47.5 Å². The summed E-state index contributed by atoms with van der Waals surface area (Å²) in [5, 5.41) is 27.0. The topological polar surface area (TPSA) is 180 Å².